The van der Waals surface area contributed by atoms with Gasteiger partial charge in [-0.3, -0.25) is 10.1 Å². The summed E-state index contributed by atoms with van der Waals surface area (Å²) in [6, 6.07) is 3.15. The summed E-state index contributed by atoms with van der Waals surface area (Å²) in [5.74, 6) is 0. The van der Waals surface area contributed by atoms with Crippen molar-refractivity contribution < 1.29 is 18.4 Å². The van der Waals surface area contributed by atoms with Crippen molar-refractivity contribution in [1.82, 2.24) is 4.31 Å². The number of nitrogens with zero attached hydrogens (tertiary/aromatic N) is 2. The van der Waals surface area contributed by atoms with E-state index in [0.717, 1.165) is 22.5 Å². The zero-order chi connectivity index (χ0) is 15.7. The smallest absolute Gasteiger partial charge is 0.271 e. The molecule has 0 saturated heterocycles. The molecule has 0 spiro atoms. The molecule has 3 N–H and O–H groups in total. The van der Waals surface area contributed by atoms with Crippen molar-refractivity contribution in [1.29, 1.82) is 0 Å². The number of aliphatic hydroxyl groups is 1. The van der Waals surface area contributed by atoms with E-state index in [4.69, 9.17) is 5.73 Å². The Balaban J connectivity index is 3.20. The van der Waals surface area contributed by atoms with E-state index in [1.807, 2.05) is 0 Å². The Morgan fingerprint density at radius 2 is 2.00 bits per heavy atom. The Bertz CT molecular complexity index is 621. The van der Waals surface area contributed by atoms with E-state index in [0.29, 0.717) is 0 Å². The highest BCUT2D eigenvalue weighted by atomic mass is 32.2. The summed E-state index contributed by atoms with van der Waals surface area (Å²) >= 11 is 0. The van der Waals surface area contributed by atoms with E-state index in [1.165, 1.54) is 20.9 Å². The molecule has 0 radical (unpaired) electrons. The monoisotopic (exact) mass is 303 g/mol. The van der Waals surface area contributed by atoms with Gasteiger partial charge in [-0.2, -0.15) is 4.31 Å². The fourth-order valence-corrected chi connectivity index (χ4v) is 3.10. The highest BCUT2D eigenvalue weighted by molar-refractivity contribution is 7.89. The predicted octanol–water partition coefficient (Wildman–Crippen LogP) is 0.568. The van der Waals surface area contributed by atoms with Crippen molar-refractivity contribution in [2.24, 2.45) is 0 Å². The summed E-state index contributed by atoms with van der Waals surface area (Å²) < 4.78 is 25.5. The van der Waals surface area contributed by atoms with Gasteiger partial charge in [0.15, 0.2) is 0 Å². The van der Waals surface area contributed by atoms with Crippen molar-refractivity contribution in [2.75, 3.05) is 19.3 Å². The maximum absolute atomic E-state index is 12.3. The molecule has 1 aromatic carbocycles. The first-order chi connectivity index (χ1) is 8.95. The van der Waals surface area contributed by atoms with Crippen LogP contribution in [0.15, 0.2) is 23.1 Å². The zero-order valence-corrected chi connectivity index (χ0v) is 12.2. The Morgan fingerprint density at radius 1 is 1.45 bits per heavy atom. The third-order valence-corrected chi connectivity index (χ3v) is 4.38. The van der Waals surface area contributed by atoms with Gasteiger partial charge in [0.2, 0.25) is 10.0 Å². The van der Waals surface area contributed by atoms with E-state index in [1.54, 1.807) is 0 Å². The largest absolute Gasteiger partial charge is 0.397 e. The third-order valence-electron chi connectivity index (χ3n) is 2.50. The molecule has 0 aliphatic rings. The zero-order valence-electron chi connectivity index (χ0n) is 11.4. The number of nitrogens with two attached hydrogens (primary N) is 1. The molecule has 112 valence electrons. The van der Waals surface area contributed by atoms with E-state index in [9.17, 15) is 23.6 Å². The van der Waals surface area contributed by atoms with Crippen LogP contribution < -0.4 is 5.73 Å². The summed E-state index contributed by atoms with van der Waals surface area (Å²) in [6.07, 6.45) is 0. The molecule has 1 aromatic rings. The van der Waals surface area contributed by atoms with Gasteiger partial charge in [0.05, 0.1) is 16.2 Å². The van der Waals surface area contributed by atoms with Crippen LogP contribution in [0.4, 0.5) is 11.4 Å². The van der Waals surface area contributed by atoms with Gasteiger partial charge in [-0.15, -0.1) is 0 Å². The molecule has 0 unspecified atom stereocenters. The summed E-state index contributed by atoms with van der Waals surface area (Å²) in [5, 5.41) is 20.3. The second-order valence-corrected chi connectivity index (χ2v) is 7.07. The molecule has 0 atom stereocenters. The van der Waals surface area contributed by atoms with Gasteiger partial charge in [-0.25, -0.2) is 8.42 Å². The number of benzene rings is 1. The van der Waals surface area contributed by atoms with E-state index in [-0.39, 0.29) is 22.8 Å². The first-order valence-corrected chi connectivity index (χ1v) is 7.12. The molecule has 0 aliphatic carbocycles. The number of sulfonamides is 1. The summed E-state index contributed by atoms with van der Waals surface area (Å²) in [7, 11) is -2.62. The number of nitro groups is 1. The summed E-state index contributed by atoms with van der Waals surface area (Å²) in [5.41, 5.74) is 3.87. The van der Waals surface area contributed by atoms with Gasteiger partial charge in [0.1, 0.15) is 4.90 Å². The average Bonchev–Trinajstić information content (AvgIpc) is 2.25. The first kappa shape index (κ1) is 16.3. The van der Waals surface area contributed by atoms with Gasteiger partial charge in [0.25, 0.3) is 5.69 Å². The van der Waals surface area contributed by atoms with Crippen LogP contribution in [0.3, 0.4) is 0 Å². The number of anilines is 1. The van der Waals surface area contributed by atoms with Crippen molar-refractivity contribution in [3.05, 3.63) is 28.3 Å². The molecule has 0 saturated carbocycles. The Morgan fingerprint density at radius 3 is 2.40 bits per heavy atom. The summed E-state index contributed by atoms with van der Waals surface area (Å²) in [6.45, 7) is 2.81. The lowest BCUT2D eigenvalue weighted by atomic mass is 10.1. The quantitative estimate of drug-likeness (QED) is 0.465. The number of non-ortho nitro benzene ring substituents is 1. The molecular weight excluding hydrogens is 286 g/mol. The van der Waals surface area contributed by atoms with E-state index >= 15 is 0 Å². The fourth-order valence-electron chi connectivity index (χ4n) is 1.68. The Hall–Kier alpha value is -1.71. The van der Waals surface area contributed by atoms with Crippen molar-refractivity contribution in [3.8, 4) is 0 Å². The van der Waals surface area contributed by atoms with E-state index in [2.05, 4.69) is 0 Å². The minimum absolute atomic E-state index is 0.133. The summed E-state index contributed by atoms with van der Waals surface area (Å²) in [4.78, 5) is 9.71. The standard InChI is InChI=1S/C11H17N3O5S/c1-11(2,15)7-13(3)20(18,19)10-5-4-8(14(16)17)6-9(10)12/h4-6,15H,7,12H2,1-3H3. The minimum atomic E-state index is -3.92. The molecule has 20 heavy (non-hydrogen) atoms. The van der Waals surface area contributed by atoms with Crippen LogP contribution in [0.5, 0.6) is 0 Å². The van der Waals surface area contributed by atoms with Crippen LogP contribution in [0.1, 0.15) is 13.8 Å². The van der Waals surface area contributed by atoms with Crippen molar-refractivity contribution in [2.45, 2.75) is 24.3 Å². The van der Waals surface area contributed by atoms with Crippen LogP contribution in [0.25, 0.3) is 0 Å². The number of hydrogen-bond acceptors (Lipinski definition) is 6. The Labute approximate surface area is 117 Å². The van der Waals surface area contributed by atoms with Crippen LogP contribution >= 0.6 is 0 Å². The molecule has 0 amide bonds. The first-order valence-electron chi connectivity index (χ1n) is 5.68. The highest BCUT2D eigenvalue weighted by Gasteiger charge is 2.28. The molecule has 0 aromatic heterocycles. The lowest BCUT2D eigenvalue weighted by Gasteiger charge is -2.25. The molecule has 1 rings (SSSR count). The van der Waals surface area contributed by atoms with Crippen LogP contribution in [-0.4, -0.2) is 41.9 Å². The Kier molecular flexibility index (Phi) is 4.37. The second kappa shape index (κ2) is 5.35. The maximum Gasteiger partial charge on any atom is 0.271 e. The van der Waals surface area contributed by atoms with Crippen molar-refractivity contribution >= 4 is 21.4 Å². The lowest BCUT2D eigenvalue weighted by molar-refractivity contribution is -0.384. The second-order valence-electron chi connectivity index (χ2n) is 5.05. The molecule has 0 fully saturated rings. The molecule has 0 bridgehead atoms. The number of nitrogen functional groups attached to an aromatic ring is 1. The molecular formula is C11H17N3O5S. The third kappa shape index (κ3) is 3.65. The SMILES string of the molecule is CN(CC(C)(C)O)S(=O)(=O)c1ccc([N+](=O)[O-])cc1N. The topological polar surface area (TPSA) is 127 Å². The van der Waals surface area contributed by atoms with Crippen LogP contribution in [0.2, 0.25) is 0 Å². The maximum atomic E-state index is 12.3. The molecule has 0 heterocycles. The number of nitro benzene ring substituents is 1. The average molecular weight is 303 g/mol. The van der Waals surface area contributed by atoms with Gasteiger partial charge in [0, 0.05) is 25.7 Å². The number of hydrogen-bond donors (Lipinski definition) is 2. The van der Waals surface area contributed by atoms with Crippen LogP contribution in [0, 0.1) is 10.1 Å². The minimum Gasteiger partial charge on any atom is -0.397 e. The van der Waals surface area contributed by atoms with Crippen molar-refractivity contribution in [3.63, 3.8) is 0 Å². The highest BCUT2D eigenvalue weighted by Crippen LogP contribution is 2.26. The molecule has 8 nitrogen and oxygen atoms in total. The van der Waals surface area contributed by atoms with Gasteiger partial charge in [-0.05, 0) is 19.9 Å². The van der Waals surface area contributed by atoms with Crippen LogP contribution in [-0.2, 0) is 10.0 Å². The number of likely N-dealkylation sites (N-methyl/N-ethyl adjacent to an activating group) is 1. The van der Waals surface area contributed by atoms with Gasteiger partial charge >= 0.3 is 0 Å². The molecule has 0 aliphatic heterocycles. The fraction of sp³-hybridized carbons (Fsp3) is 0.455. The van der Waals surface area contributed by atoms with Gasteiger partial charge < -0.3 is 10.8 Å². The lowest BCUT2D eigenvalue weighted by Crippen LogP contribution is -2.39. The normalized spacial score (nSPS) is 12.7. The van der Waals surface area contributed by atoms with E-state index < -0.39 is 20.5 Å². The van der Waals surface area contributed by atoms with Gasteiger partial charge in [-0.1, -0.05) is 0 Å². The molecule has 9 heteroatoms. The predicted molar refractivity (Wildman–Crippen MR) is 73.6 cm³/mol. The number of rotatable bonds is 5.